The Hall–Kier alpha value is -1.30. The van der Waals surface area contributed by atoms with Crippen LogP contribution in [-0.2, 0) is 6.42 Å². The molecule has 0 amide bonds. The minimum Gasteiger partial charge on any atom is -0.396 e. The highest BCUT2D eigenvalue weighted by atomic mass is 16.3. The average Bonchev–Trinajstić information content (AvgIpc) is 2.36. The summed E-state index contributed by atoms with van der Waals surface area (Å²) >= 11 is 0. The molecular formula is C14H18O2. The van der Waals surface area contributed by atoms with Crippen molar-refractivity contribution >= 4 is 0 Å². The van der Waals surface area contributed by atoms with Crippen molar-refractivity contribution in [2.75, 3.05) is 6.61 Å². The molecule has 1 aromatic rings. The number of aliphatic hydroxyl groups excluding tert-OH is 1. The van der Waals surface area contributed by atoms with Gasteiger partial charge in [-0.25, -0.2) is 0 Å². The van der Waals surface area contributed by atoms with Crippen molar-refractivity contribution in [3.05, 3.63) is 35.9 Å². The van der Waals surface area contributed by atoms with Crippen molar-refractivity contribution in [2.24, 2.45) is 5.92 Å². The highest BCUT2D eigenvalue weighted by molar-refractivity contribution is 5.17. The maximum atomic E-state index is 10.2. The summed E-state index contributed by atoms with van der Waals surface area (Å²) in [5, 5.41) is 19.2. The molecule has 2 N–H and O–H groups in total. The fraction of sp³-hybridized carbons (Fsp3) is 0.429. The third kappa shape index (κ3) is 3.10. The molecule has 1 rings (SSSR count). The smallest absolute Gasteiger partial charge is 0.130 e. The Morgan fingerprint density at radius 2 is 2.00 bits per heavy atom. The molecule has 0 bridgehead atoms. The van der Waals surface area contributed by atoms with Crippen LogP contribution < -0.4 is 0 Å². The van der Waals surface area contributed by atoms with Gasteiger partial charge in [0.2, 0.25) is 0 Å². The molecule has 2 atom stereocenters. The Balaban J connectivity index is 2.63. The first-order chi connectivity index (χ1) is 7.62. The molecule has 1 aromatic carbocycles. The summed E-state index contributed by atoms with van der Waals surface area (Å²) in [6, 6.07) is 9.87. The van der Waals surface area contributed by atoms with Crippen LogP contribution in [0.15, 0.2) is 30.3 Å². The van der Waals surface area contributed by atoms with E-state index < -0.39 is 5.60 Å². The quantitative estimate of drug-likeness (QED) is 0.737. The zero-order valence-corrected chi connectivity index (χ0v) is 9.56. The van der Waals surface area contributed by atoms with Gasteiger partial charge in [-0.05, 0) is 18.4 Å². The average molecular weight is 218 g/mol. The lowest BCUT2D eigenvalue weighted by Crippen LogP contribution is -2.37. The monoisotopic (exact) mass is 218 g/mol. The molecule has 0 fully saturated rings. The molecule has 0 saturated carbocycles. The van der Waals surface area contributed by atoms with Crippen molar-refractivity contribution in [3.8, 4) is 12.3 Å². The Bertz CT molecular complexity index is 353. The molecule has 16 heavy (non-hydrogen) atoms. The highest BCUT2D eigenvalue weighted by Gasteiger charge is 2.30. The van der Waals surface area contributed by atoms with Crippen LogP contribution in [0.1, 0.15) is 18.9 Å². The highest BCUT2D eigenvalue weighted by Crippen LogP contribution is 2.22. The van der Waals surface area contributed by atoms with Crippen LogP contribution in [0.25, 0.3) is 0 Å². The van der Waals surface area contributed by atoms with Crippen LogP contribution in [0.2, 0.25) is 0 Å². The van der Waals surface area contributed by atoms with E-state index in [1.807, 2.05) is 30.3 Å². The lowest BCUT2D eigenvalue weighted by atomic mass is 9.85. The van der Waals surface area contributed by atoms with Gasteiger partial charge in [0.15, 0.2) is 0 Å². The number of aryl methyl sites for hydroxylation is 1. The van der Waals surface area contributed by atoms with Gasteiger partial charge in [0.25, 0.3) is 0 Å². The summed E-state index contributed by atoms with van der Waals surface area (Å²) < 4.78 is 0. The summed E-state index contributed by atoms with van der Waals surface area (Å²) in [6.45, 7) is 1.65. The van der Waals surface area contributed by atoms with Crippen molar-refractivity contribution in [1.29, 1.82) is 0 Å². The number of benzene rings is 1. The fourth-order valence-corrected chi connectivity index (χ4v) is 1.59. The van der Waals surface area contributed by atoms with Gasteiger partial charge in [-0.3, -0.25) is 0 Å². The van der Waals surface area contributed by atoms with Gasteiger partial charge in [-0.2, -0.15) is 0 Å². The maximum Gasteiger partial charge on any atom is 0.130 e. The first kappa shape index (κ1) is 12.8. The summed E-state index contributed by atoms with van der Waals surface area (Å²) in [6.07, 6.45) is 6.52. The fourth-order valence-electron chi connectivity index (χ4n) is 1.59. The lowest BCUT2D eigenvalue weighted by molar-refractivity contribution is 0.0115. The van der Waals surface area contributed by atoms with Crippen molar-refractivity contribution < 1.29 is 10.2 Å². The van der Waals surface area contributed by atoms with Gasteiger partial charge >= 0.3 is 0 Å². The Kier molecular flexibility index (Phi) is 4.54. The molecule has 0 aromatic heterocycles. The lowest BCUT2D eigenvalue weighted by Gasteiger charge is -2.27. The maximum absolute atomic E-state index is 10.2. The van der Waals surface area contributed by atoms with Crippen molar-refractivity contribution in [2.45, 2.75) is 25.4 Å². The minimum absolute atomic E-state index is 0.102. The molecule has 0 aliphatic rings. The number of terminal acetylenes is 1. The van der Waals surface area contributed by atoms with E-state index in [1.165, 1.54) is 0 Å². The SMILES string of the molecule is C#C[C@@](O)(CCc1ccccc1)[C@@H](C)CO. The second-order valence-corrected chi connectivity index (χ2v) is 4.14. The van der Waals surface area contributed by atoms with Gasteiger partial charge in [0.1, 0.15) is 5.60 Å². The predicted octanol–water partition coefficient (Wildman–Crippen LogP) is 1.61. The standard InChI is InChI=1S/C14H18O2/c1-3-14(16,12(2)11-15)10-9-13-7-5-4-6-8-13/h1,4-8,12,15-16H,9-11H2,2H3/t12-,14+/m0/s1. The van der Waals surface area contributed by atoms with Crippen LogP contribution in [-0.4, -0.2) is 22.4 Å². The van der Waals surface area contributed by atoms with E-state index in [0.717, 1.165) is 5.56 Å². The van der Waals surface area contributed by atoms with E-state index in [1.54, 1.807) is 6.92 Å². The second kappa shape index (κ2) is 5.69. The second-order valence-electron chi connectivity index (χ2n) is 4.14. The molecule has 0 radical (unpaired) electrons. The third-order valence-corrected chi connectivity index (χ3v) is 2.98. The minimum atomic E-state index is -1.22. The van der Waals surface area contributed by atoms with Crippen molar-refractivity contribution in [1.82, 2.24) is 0 Å². The zero-order chi connectivity index (χ0) is 12.0. The van der Waals surface area contributed by atoms with Gasteiger partial charge in [-0.1, -0.05) is 43.2 Å². The topological polar surface area (TPSA) is 40.5 Å². The molecule has 0 aliphatic heterocycles. The van der Waals surface area contributed by atoms with Crippen LogP contribution in [0.5, 0.6) is 0 Å². The van der Waals surface area contributed by atoms with E-state index in [0.29, 0.717) is 12.8 Å². The van der Waals surface area contributed by atoms with Gasteiger partial charge in [0, 0.05) is 12.5 Å². The van der Waals surface area contributed by atoms with Crippen LogP contribution in [0.4, 0.5) is 0 Å². The molecule has 0 heterocycles. The van der Waals surface area contributed by atoms with Gasteiger partial charge in [0.05, 0.1) is 0 Å². The van der Waals surface area contributed by atoms with Crippen LogP contribution in [0, 0.1) is 18.3 Å². The zero-order valence-electron chi connectivity index (χ0n) is 9.56. The number of rotatable bonds is 5. The summed E-state index contributed by atoms with van der Waals surface area (Å²) in [4.78, 5) is 0. The van der Waals surface area contributed by atoms with Gasteiger partial charge < -0.3 is 10.2 Å². The van der Waals surface area contributed by atoms with Crippen molar-refractivity contribution in [3.63, 3.8) is 0 Å². The first-order valence-corrected chi connectivity index (χ1v) is 5.47. The number of hydrogen-bond acceptors (Lipinski definition) is 2. The van der Waals surface area contributed by atoms with E-state index in [4.69, 9.17) is 11.5 Å². The summed E-state index contributed by atoms with van der Waals surface area (Å²) in [5.41, 5.74) is -0.0776. The molecule has 86 valence electrons. The van der Waals surface area contributed by atoms with Crippen LogP contribution in [0.3, 0.4) is 0 Å². The molecule has 0 unspecified atom stereocenters. The Labute approximate surface area is 96.9 Å². The first-order valence-electron chi connectivity index (χ1n) is 5.47. The molecule has 2 heteroatoms. The van der Waals surface area contributed by atoms with E-state index in [9.17, 15) is 5.11 Å². The molecule has 2 nitrogen and oxygen atoms in total. The molecule has 0 spiro atoms. The van der Waals surface area contributed by atoms with Crippen LogP contribution >= 0.6 is 0 Å². The van der Waals surface area contributed by atoms with Gasteiger partial charge in [-0.15, -0.1) is 6.42 Å². The number of hydrogen-bond donors (Lipinski definition) is 2. The number of aliphatic hydroxyl groups is 2. The molecular weight excluding hydrogens is 200 g/mol. The predicted molar refractivity (Wildman–Crippen MR) is 64.8 cm³/mol. The Morgan fingerprint density at radius 3 is 2.50 bits per heavy atom. The Morgan fingerprint density at radius 1 is 1.38 bits per heavy atom. The third-order valence-electron chi connectivity index (χ3n) is 2.98. The normalized spacial score (nSPS) is 16.1. The molecule has 0 saturated heterocycles. The van der Waals surface area contributed by atoms with E-state index in [2.05, 4.69) is 5.92 Å². The molecule has 0 aliphatic carbocycles. The van der Waals surface area contributed by atoms with E-state index >= 15 is 0 Å². The summed E-state index contributed by atoms with van der Waals surface area (Å²) in [5.74, 6) is 2.09. The summed E-state index contributed by atoms with van der Waals surface area (Å²) in [7, 11) is 0. The largest absolute Gasteiger partial charge is 0.396 e. The van der Waals surface area contributed by atoms with E-state index in [-0.39, 0.29) is 12.5 Å².